The predicted octanol–water partition coefficient (Wildman–Crippen LogP) is 4.76. The molecule has 0 heterocycles. The minimum absolute atomic E-state index is 0.330. The molecule has 1 unspecified atom stereocenters. The second-order valence-electron chi connectivity index (χ2n) is 4.27. The molecule has 0 aliphatic heterocycles. The van der Waals surface area contributed by atoms with E-state index in [2.05, 4.69) is 20.8 Å². The van der Waals surface area contributed by atoms with Crippen LogP contribution in [0.1, 0.15) is 27.7 Å². The summed E-state index contributed by atoms with van der Waals surface area (Å²) in [7, 11) is -1.56. The number of rotatable bonds is 7. The maximum atomic E-state index is 8.04. The van der Waals surface area contributed by atoms with Gasteiger partial charge in [0.15, 0.2) is 0 Å². The van der Waals surface area contributed by atoms with Crippen LogP contribution < -0.4 is 0 Å². The summed E-state index contributed by atoms with van der Waals surface area (Å²) in [5, 5.41) is 0. The largest absolute Gasteiger partial charge is 0.549 e. The van der Waals surface area contributed by atoms with Crippen LogP contribution in [0.3, 0.4) is 0 Å². The van der Waals surface area contributed by atoms with E-state index < -0.39 is 8.32 Å². The molecule has 0 radical (unpaired) electrons. The third-order valence-corrected chi connectivity index (χ3v) is 7.92. The van der Waals surface area contributed by atoms with Gasteiger partial charge in [-0.2, -0.15) is 0 Å². The van der Waals surface area contributed by atoms with Gasteiger partial charge in [-0.05, 0) is 36.2 Å². The van der Waals surface area contributed by atoms with Gasteiger partial charge in [0, 0.05) is 1.37 Å². The molecule has 17 heavy (non-hydrogen) atoms. The van der Waals surface area contributed by atoms with Crippen LogP contribution >= 0.6 is 0 Å². The van der Waals surface area contributed by atoms with Crippen molar-refractivity contribution in [3.05, 3.63) is 48.2 Å². The van der Waals surface area contributed by atoms with Crippen LogP contribution in [0.25, 0.3) is 0 Å². The number of hydrogen-bond acceptors (Lipinski definition) is 1. The van der Waals surface area contributed by atoms with Crippen molar-refractivity contribution < 1.29 is 5.80 Å². The summed E-state index contributed by atoms with van der Waals surface area (Å²) < 4.78 is 14.0. The van der Waals surface area contributed by atoms with Gasteiger partial charge in [0.1, 0.15) is 0 Å². The van der Waals surface area contributed by atoms with E-state index in [1.807, 2.05) is 36.4 Å². The fraction of sp³-hybridized carbons (Fsp3) is 0.467. The zero-order chi connectivity index (χ0) is 13.4. The summed E-state index contributed by atoms with van der Waals surface area (Å²) >= 11 is 0. The summed E-state index contributed by atoms with van der Waals surface area (Å²) in [5.74, 6) is 0. The zero-order valence-corrected chi connectivity index (χ0v) is 12.1. The number of hydrogen-bond donors (Lipinski definition) is 0. The highest BCUT2D eigenvalue weighted by atomic mass is 28.4. The third kappa shape index (κ3) is 4.39. The highest BCUT2D eigenvalue weighted by molar-refractivity contribution is 6.73. The molecule has 0 spiro atoms. The molecule has 0 fully saturated rings. The molecule has 1 aromatic rings. The summed E-state index contributed by atoms with van der Waals surface area (Å²) in [4.78, 5) is 0. The lowest BCUT2D eigenvalue weighted by atomic mass is 10.2. The van der Waals surface area contributed by atoms with Gasteiger partial charge in [-0.25, -0.2) is 0 Å². The molecule has 2 heteroatoms. The molecule has 1 aromatic carbocycles. The van der Waals surface area contributed by atoms with Gasteiger partial charge >= 0.3 is 0 Å². The van der Waals surface area contributed by atoms with Crippen molar-refractivity contribution in [2.24, 2.45) is 0 Å². The average molecular weight is 249 g/mol. The molecule has 94 valence electrons. The van der Waals surface area contributed by atoms with E-state index in [4.69, 9.17) is 5.80 Å². The molecule has 0 saturated heterocycles. The van der Waals surface area contributed by atoms with Crippen molar-refractivity contribution in [1.29, 1.82) is 0 Å². The van der Waals surface area contributed by atoms with Crippen LogP contribution in [0.15, 0.2) is 42.7 Å². The van der Waals surface area contributed by atoms with E-state index in [0.29, 0.717) is 0 Å². The first-order chi connectivity index (χ1) is 8.67. The van der Waals surface area contributed by atoms with E-state index in [1.165, 1.54) is 0 Å². The second-order valence-corrected chi connectivity index (χ2v) is 8.99. The van der Waals surface area contributed by atoms with Crippen LogP contribution in [-0.4, -0.2) is 8.32 Å². The molecule has 0 aliphatic rings. The normalized spacial score (nSPS) is 14.6. The van der Waals surface area contributed by atoms with E-state index >= 15 is 0 Å². The fourth-order valence-electron chi connectivity index (χ4n) is 1.90. The maximum Gasteiger partial charge on any atom is 0.249 e. The van der Waals surface area contributed by atoms with Crippen molar-refractivity contribution in [3.8, 4) is 0 Å². The third-order valence-electron chi connectivity index (χ3n) is 3.42. The first-order valence-corrected chi connectivity index (χ1v) is 9.02. The van der Waals surface area contributed by atoms with Crippen molar-refractivity contribution in [2.45, 2.75) is 45.3 Å². The molecule has 0 amide bonds. The fourth-order valence-corrected chi connectivity index (χ4v) is 4.27. The molecular weight excluding hydrogens is 224 g/mol. The van der Waals surface area contributed by atoms with E-state index in [1.54, 1.807) is 6.26 Å². The Morgan fingerprint density at radius 3 is 2.24 bits per heavy atom. The summed E-state index contributed by atoms with van der Waals surface area (Å²) in [5.41, 5.74) is 1.01. The molecule has 1 rings (SSSR count). The Morgan fingerprint density at radius 2 is 1.71 bits per heavy atom. The van der Waals surface area contributed by atoms with Gasteiger partial charge < -0.3 is 4.43 Å². The van der Waals surface area contributed by atoms with Gasteiger partial charge in [-0.1, -0.05) is 51.1 Å². The Morgan fingerprint density at radius 1 is 1.12 bits per heavy atom. The first-order valence-electron chi connectivity index (χ1n) is 7.07. The molecule has 0 saturated carbocycles. The lowest BCUT2D eigenvalue weighted by molar-refractivity contribution is 0.456. The Kier molecular flexibility index (Phi) is 5.36. The van der Waals surface area contributed by atoms with Crippen molar-refractivity contribution >= 4 is 8.32 Å². The monoisotopic (exact) mass is 249 g/mol. The second kappa shape index (κ2) is 7.33. The predicted molar refractivity (Wildman–Crippen MR) is 77.6 cm³/mol. The van der Waals surface area contributed by atoms with Gasteiger partial charge in [0.25, 0.3) is 0 Å². The Balaban J connectivity index is 2.59. The highest BCUT2D eigenvalue weighted by Gasteiger charge is 2.28. The molecule has 0 bridgehead atoms. The highest BCUT2D eigenvalue weighted by Crippen LogP contribution is 2.21. The van der Waals surface area contributed by atoms with Crippen molar-refractivity contribution in [1.82, 2.24) is 0 Å². The molecule has 1 nitrogen and oxygen atoms in total. The summed E-state index contributed by atoms with van der Waals surface area (Å²) in [6, 6.07) is 13.3. The molecule has 1 atom stereocenters. The van der Waals surface area contributed by atoms with Crippen LogP contribution in [0.2, 0.25) is 18.1 Å². The lowest BCUT2D eigenvalue weighted by Gasteiger charge is -2.26. The molecule has 0 aromatic heterocycles. The van der Waals surface area contributed by atoms with E-state index in [0.717, 1.165) is 23.7 Å². The Hall–Kier alpha value is -1.02. The molecular formula is C15H24OSi. The Labute approximate surface area is 108 Å². The summed E-state index contributed by atoms with van der Waals surface area (Å²) in [6.07, 6.45) is 3.29. The van der Waals surface area contributed by atoms with Crippen LogP contribution in [0.5, 0.6) is 0 Å². The SMILES string of the molecule is [2H]C(/C=C/O[Si](CC)(CC)CC)c1ccccc1. The smallest absolute Gasteiger partial charge is 0.249 e. The van der Waals surface area contributed by atoms with Gasteiger partial charge in [0.05, 0.1) is 6.26 Å². The quantitative estimate of drug-likeness (QED) is 0.500. The van der Waals surface area contributed by atoms with Gasteiger partial charge in [0.2, 0.25) is 8.32 Å². The molecule has 0 N–H and O–H groups in total. The van der Waals surface area contributed by atoms with Gasteiger partial charge in [-0.15, -0.1) is 0 Å². The van der Waals surface area contributed by atoms with Crippen LogP contribution in [-0.2, 0) is 10.8 Å². The summed E-state index contributed by atoms with van der Waals surface area (Å²) in [6.45, 7) is 6.63. The first kappa shape index (κ1) is 12.4. The zero-order valence-electron chi connectivity index (χ0n) is 12.1. The van der Waals surface area contributed by atoms with Gasteiger partial charge in [-0.3, -0.25) is 0 Å². The maximum absolute atomic E-state index is 8.04. The average Bonchev–Trinajstić information content (AvgIpc) is 2.45. The standard InChI is InChI=1S/C15H24OSi/c1-4-17(5-2,6-3)16-14-10-13-15-11-8-7-9-12-15/h7-12,14H,4-6,13H2,1-3H3/b14-10+/i13D. The number of benzene rings is 1. The van der Waals surface area contributed by atoms with Crippen molar-refractivity contribution in [2.75, 3.05) is 0 Å². The van der Waals surface area contributed by atoms with E-state index in [-0.39, 0.29) is 6.40 Å². The topological polar surface area (TPSA) is 9.23 Å². The minimum Gasteiger partial charge on any atom is -0.549 e. The number of allylic oxidation sites excluding steroid dienone is 1. The minimum atomic E-state index is -1.56. The van der Waals surface area contributed by atoms with E-state index in [9.17, 15) is 0 Å². The Bertz CT molecular complexity index is 352. The molecule has 0 aliphatic carbocycles. The lowest BCUT2D eigenvalue weighted by Crippen LogP contribution is -2.33. The van der Waals surface area contributed by atoms with Crippen LogP contribution in [0, 0.1) is 0 Å². The van der Waals surface area contributed by atoms with Crippen molar-refractivity contribution in [3.63, 3.8) is 0 Å². The van der Waals surface area contributed by atoms with Crippen LogP contribution in [0.4, 0.5) is 0 Å².